The number of fused-ring (bicyclic) bond motifs is 2. The van der Waals surface area contributed by atoms with Crippen molar-refractivity contribution in [3.8, 4) is 11.3 Å². The van der Waals surface area contributed by atoms with E-state index in [4.69, 9.17) is 4.74 Å². The van der Waals surface area contributed by atoms with Crippen LogP contribution in [0.4, 0.5) is 0 Å². The number of pyridine rings is 1. The zero-order chi connectivity index (χ0) is 28.6. The summed E-state index contributed by atoms with van der Waals surface area (Å²) in [6.45, 7) is 15.7. The number of thiophene rings is 1. The first-order valence-electron chi connectivity index (χ1n) is 15.2. The molecule has 41 heavy (non-hydrogen) atoms. The highest BCUT2D eigenvalue weighted by Gasteiger charge is 2.51. The molecule has 0 bridgehead atoms. The molecule has 2 saturated heterocycles. The molecule has 1 aliphatic carbocycles. The summed E-state index contributed by atoms with van der Waals surface area (Å²) in [7, 11) is 2.16. The number of carbonyl (C=O) groups is 1. The number of aryl methyl sites for hydroxylation is 2. The molecular formula is C32H42N6O2S. The number of amides is 1. The molecule has 1 saturated carbocycles. The molecule has 4 aromatic heterocycles. The summed E-state index contributed by atoms with van der Waals surface area (Å²) in [6.07, 6.45) is 7.60. The molecule has 0 aromatic carbocycles. The van der Waals surface area contributed by atoms with Gasteiger partial charge in [-0.2, -0.15) is 5.10 Å². The average molecular weight is 575 g/mol. The van der Waals surface area contributed by atoms with Crippen LogP contribution in [0, 0.1) is 26.7 Å². The Morgan fingerprint density at radius 2 is 1.88 bits per heavy atom. The van der Waals surface area contributed by atoms with Gasteiger partial charge in [-0.15, -0.1) is 11.3 Å². The number of ether oxygens (including phenoxy) is 1. The summed E-state index contributed by atoms with van der Waals surface area (Å²) >= 11 is 1.92. The van der Waals surface area contributed by atoms with Crippen molar-refractivity contribution < 1.29 is 9.53 Å². The molecule has 8 nitrogen and oxygen atoms in total. The number of H-pyrrole nitrogens is 1. The molecule has 2 aliphatic heterocycles. The fourth-order valence-electron chi connectivity index (χ4n) is 7.80. The molecule has 1 N–H and O–H groups in total. The van der Waals surface area contributed by atoms with Crippen LogP contribution in [0.15, 0.2) is 12.5 Å². The molecule has 3 fully saturated rings. The van der Waals surface area contributed by atoms with Crippen molar-refractivity contribution in [2.75, 3.05) is 39.8 Å². The highest BCUT2D eigenvalue weighted by molar-refractivity contribution is 7.19. The Labute approximate surface area is 246 Å². The van der Waals surface area contributed by atoms with Crippen LogP contribution in [0.3, 0.4) is 0 Å². The summed E-state index contributed by atoms with van der Waals surface area (Å²) in [5.74, 6) is 1.37. The van der Waals surface area contributed by atoms with Crippen molar-refractivity contribution in [1.29, 1.82) is 0 Å². The van der Waals surface area contributed by atoms with E-state index in [9.17, 15) is 4.79 Å². The maximum Gasteiger partial charge on any atom is 0.225 e. The second-order valence-electron chi connectivity index (χ2n) is 13.2. The molecule has 0 radical (unpaired) electrons. The maximum atomic E-state index is 13.3. The fourth-order valence-corrected chi connectivity index (χ4v) is 9.19. The SMILES string of the molecule is Cc1c(-c2[nH]c3sc(C4CCN(C(=O)C5CC6(C5)CN(C)CCO6)CC4)c(C)c3c2C(C)C)cn2ncnc2c1C. The van der Waals surface area contributed by atoms with E-state index in [-0.39, 0.29) is 11.5 Å². The first kappa shape index (κ1) is 27.1. The number of hydrogen-bond acceptors (Lipinski definition) is 6. The molecule has 1 spiro atoms. The van der Waals surface area contributed by atoms with Crippen molar-refractivity contribution in [3.05, 3.63) is 39.7 Å². The van der Waals surface area contributed by atoms with Crippen LogP contribution < -0.4 is 0 Å². The highest BCUT2D eigenvalue weighted by atomic mass is 32.1. The van der Waals surface area contributed by atoms with Crippen LogP contribution in [-0.4, -0.2) is 80.7 Å². The predicted octanol–water partition coefficient (Wildman–Crippen LogP) is 5.80. The van der Waals surface area contributed by atoms with Crippen molar-refractivity contribution in [1.82, 2.24) is 29.4 Å². The van der Waals surface area contributed by atoms with Gasteiger partial charge in [0.15, 0.2) is 5.65 Å². The van der Waals surface area contributed by atoms with Gasteiger partial charge in [-0.25, -0.2) is 9.50 Å². The Morgan fingerprint density at radius 1 is 1.12 bits per heavy atom. The van der Waals surface area contributed by atoms with E-state index in [1.807, 2.05) is 15.9 Å². The van der Waals surface area contributed by atoms with Crippen LogP contribution in [0.25, 0.3) is 27.1 Å². The smallest absolute Gasteiger partial charge is 0.225 e. The average Bonchev–Trinajstić information content (AvgIpc) is 3.64. The van der Waals surface area contributed by atoms with Gasteiger partial charge in [0, 0.05) is 54.1 Å². The summed E-state index contributed by atoms with van der Waals surface area (Å²) in [6, 6.07) is 0. The van der Waals surface area contributed by atoms with Crippen LogP contribution in [-0.2, 0) is 9.53 Å². The minimum absolute atomic E-state index is 0.0773. The first-order valence-corrected chi connectivity index (χ1v) is 16.0. The zero-order valence-corrected chi connectivity index (χ0v) is 26.0. The number of aromatic amines is 1. The van der Waals surface area contributed by atoms with Gasteiger partial charge in [0.25, 0.3) is 0 Å². The largest absolute Gasteiger partial charge is 0.372 e. The number of piperidine rings is 1. The fraction of sp³-hybridized carbons (Fsp3) is 0.594. The van der Waals surface area contributed by atoms with Gasteiger partial charge in [-0.1, -0.05) is 13.8 Å². The second-order valence-corrected chi connectivity index (χ2v) is 14.2. The van der Waals surface area contributed by atoms with Crippen molar-refractivity contribution in [2.24, 2.45) is 5.92 Å². The van der Waals surface area contributed by atoms with E-state index in [1.54, 1.807) is 6.33 Å². The van der Waals surface area contributed by atoms with Crippen LogP contribution in [0.1, 0.15) is 78.5 Å². The number of morpholine rings is 1. The van der Waals surface area contributed by atoms with Gasteiger partial charge in [0.2, 0.25) is 5.91 Å². The van der Waals surface area contributed by atoms with Crippen LogP contribution in [0.2, 0.25) is 0 Å². The van der Waals surface area contributed by atoms with E-state index in [1.165, 1.54) is 48.6 Å². The van der Waals surface area contributed by atoms with Crippen LogP contribution >= 0.6 is 11.3 Å². The number of likely N-dealkylation sites (tertiary alicyclic amines) is 1. The Hall–Kier alpha value is -2.75. The Kier molecular flexibility index (Phi) is 6.56. The number of likely N-dealkylation sites (N-methyl/N-ethyl adjacent to an activating group) is 1. The molecule has 7 rings (SSSR count). The number of aromatic nitrogens is 4. The van der Waals surface area contributed by atoms with E-state index in [2.05, 4.69) is 72.7 Å². The van der Waals surface area contributed by atoms with Gasteiger partial charge in [0.1, 0.15) is 11.2 Å². The van der Waals surface area contributed by atoms with Gasteiger partial charge in [0.05, 0.1) is 17.9 Å². The summed E-state index contributed by atoms with van der Waals surface area (Å²) in [5, 5.41) is 5.83. The minimum Gasteiger partial charge on any atom is -0.372 e. The van der Waals surface area contributed by atoms with E-state index < -0.39 is 0 Å². The summed E-state index contributed by atoms with van der Waals surface area (Å²) in [5.41, 5.74) is 8.47. The first-order chi connectivity index (χ1) is 19.7. The third kappa shape index (κ3) is 4.34. The number of nitrogens with zero attached hydrogens (tertiary/aromatic N) is 5. The lowest BCUT2D eigenvalue weighted by Gasteiger charge is -2.52. The predicted molar refractivity (Wildman–Crippen MR) is 164 cm³/mol. The minimum atomic E-state index is -0.0773. The molecule has 0 unspecified atom stereocenters. The number of nitrogens with one attached hydrogen (secondary N) is 1. The topological polar surface area (TPSA) is 78.8 Å². The number of carbonyl (C=O) groups excluding carboxylic acids is 1. The van der Waals surface area contributed by atoms with Crippen LogP contribution in [0.5, 0.6) is 0 Å². The Bertz CT molecular complexity index is 1630. The van der Waals surface area contributed by atoms with Crippen molar-refractivity contribution in [3.63, 3.8) is 0 Å². The maximum absolute atomic E-state index is 13.3. The Balaban J connectivity index is 1.10. The lowest BCUT2D eigenvalue weighted by atomic mass is 9.69. The molecule has 0 atom stereocenters. The molecule has 9 heteroatoms. The lowest BCUT2D eigenvalue weighted by molar-refractivity contribution is -0.183. The monoisotopic (exact) mass is 574 g/mol. The summed E-state index contributed by atoms with van der Waals surface area (Å²) < 4.78 is 8.02. The van der Waals surface area contributed by atoms with E-state index >= 15 is 0 Å². The molecule has 4 aromatic rings. The third-order valence-corrected chi connectivity index (χ3v) is 11.5. The molecule has 1 amide bonds. The van der Waals surface area contributed by atoms with Gasteiger partial charge in [-0.05, 0) is 87.6 Å². The molecular weight excluding hydrogens is 532 g/mol. The number of rotatable bonds is 4. The zero-order valence-electron chi connectivity index (χ0n) is 25.2. The van der Waals surface area contributed by atoms with Gasteiger partial charge >= 0.3 is 0 Å². The van der Waals surface area contributed by atoms with E-state index in [0.717, 1.165) is 64.1 Å². The normalized spacial score (nSPS) is 24.3. The summed E-state index contributed by atoms with van der Waals surface area (Å²) in [4.78, 5) is 28.9. The highest BCUT2D eigenvalue weighted by Crippen LogP contribution is 2.48. The lowest BCUT2D eigenvalue weighted by Crippen LogP contribution is -2.60. The van der Waals surface area contributed by atoms with Crippen molar-refractivity contribution in [2.45, 2.75) is 77.7 Å². The molecule has 6 heterocycles. The number of hydrogen-bond donors (Lipinski definition) is 1. The third-order valence-electron chi connectivity index (χ3n) is 10.1. The van der Waals surface area contributed by atoms with Gasteiger partial charge in [-0.3, -0.25) is 4.79 Å². The van der Waals surface area contributed by atoms with E-state index in [0.29, 0.717) is 17.7 Å². The van der Waals surface area contributed by atoms with Gasteiger partial charge < -0.3 is 19.5 Å². The Morgan fingerprint density at radius 3 is 2.59 bits per heavy atom. The van der Waals surface area contributed by atoms with Crippen molar-refractivity contribution >= 4 is 33.1 Å². The second kappa shape index (κ2) is 9.92. The quantitative estimate of drug-likeness (QED) is 0.333. The molecule has 218 valence electrons. The standard InChI is InChI=1S/C32H42N6O2S/c1-18(2)25-26-21(5)28(41-30(26)35-27(25)24-15-38-29(33-17-34-38)20(4)19(24)3)22-7-9-37(10-8-22)31(39)23-13-32(14-23)16-36(6)11-12-40-32/h15,17-18,22-23,35H,7-14,16H2,1-6H3. The molecule has 3 aliphatic rings.